The molecule has 124 valence electrons. The van der Waals surface area contributed by atoms with Crippen LogP contribution in [0, 0.1) is 11.3 Å². The number of carbonyl (C=O) groups is 1. The number of pyridine rings is 1. The number of hydrogen-bond acceptors (Lipinski definition) is 4. The lowest BCUT2D eigenvalue weighted by Gasteiger charge is -2.36. The number of fused-ring (bicyclic) bond motifs is 1. The Morgan fingerprint density at radius 1 is 1.25 bits per heavy atom. The summed E-state index contributed by atoms with van der Waals surface area (Å²) >= 11 is 0. The van der Waals surface area contributed by atoms with Crippen LogP contribution in [0.2, 0.25) is 0 Å². The molecule has 0 saturated heterocycles. The summed E-state index contributed by atoms with van der Waals surface area (Å²) in [6, 6.07) is 3.85. The van der Waals surface area contributed by atoms with Gasteiger partial charge in [-0.25, -0.2) is 9.97 Å². The predicted octanol–water partition coefficient (Wildman–Crippen LogP) is 3.08. The number of hydrogen-bond donors (Lipinski definition) is 1. The molecule has 1 N–H and O–H groups in total. The molecule has 0 aromatic carbocycles. The van der Waals surface area contributed by atoms with Crippen molar-refractivity contribution < 1.29 is 4.79 Å². The first-order valence-electron chi connectivity index (χ1n) is 8.58. The highest BCUT2D eigenvalue weighted by Gasteiger charge is 2.37. The molecule has 5 nitrogen and oxygen atoms in total. The van der Waals surface area contributed by atoms with E-state index in [0.29, 0.717) is 0 Å². The number of nitrogens with zero attached hydrogens (tertiary/aromatic N) is 3. The van der Waals surface area contributed by atoms with Crippen molar-refractivity contribution in [1.82, 2.24) is 20.3 Å². The van der Waals surface area contributed by atoms with Gasteiger partial charge in [0.05, 0.1) is 11.7 Å². The van der Waals surface area contributed by atoms with Crippen LogP contribution in [0.5, 0.6) is 0 Å². The summed E-state index contributed by atoms with van der Waals surface area (Å²) in [5, 5.41) is 3.22. The van der Waals surface area contributed by atoms with Gasteiger partial charge >= 0.3 is 0 Å². The molecular weight excluding hydrogens is 300 g/mol. The van der Waals surface area contributed by atoms with Gasteiger partial charge in [0.25, 0.3) is 0 Å². The van der Waals surface area contributed by atoms with Crippen LogP contribution in [0.3, 0.4) is 0 Å². The molecule has 2 aliphatic carbocycles. The summed E-state index contributed by atoms with van der Waals surface area (Å²) in [5.41, 5.74) is 3.20. The number of nitrogens with one attached hydrogen (secondary N) is 1. The maximum atomic E-state index is 12.2. The normalized spacial score (nSPS) is 21.8. The predicted molar refractivity (Wildman–Crippen MR) is 91.0 cm³/mol. The summed E-state index contributed by atoms with van der Waals surface area (Å²) in [6.07, 6.45) is 9.26. The van der Waals surface area contributed by atoms with Crippen molar-refractivity contribution in [2.75, 3.05) is 0 Å². The molecule has 0 radical (unpaired) electrons. The Labute approximate surface area is 141 Å². The number of aromatic nitrogens is 3. The van der Waals surface area contributed by atoms with E-state index in [9.17, 15) is 4.79 Å². The second kappa shape index (κ2) is 5.65. The van der Waals surface area contributed by atoms with Crippen molar-refractivity contribution in [2.45, 2.75) is 45.6 Å². The van der Waals surface area contributed by atoms with Crippen molar-refractivity contribution in [3.05, 3.63) is 42.0 Å². The van der Waals surface area contributed by atoms with E-state index in [4.69, 9.17) is 4.98 Å². The molecule has 1 amide bonds. The van der Waals surface area contributed by atoms with Crippen LogP contribution < -0.4 is 5.32 Å². The van der Waals surface area contributed by atoms with Crippen LogP contribution in [0.4, 0.5) is 0 Å². The molecule has 1 fully saturated rings. The van der Waals surface area contributed by atoms with Gasteiger partial charge in [0.15, 0.2) is 5.82 Å². The first-order chi connectivity index (χ1) is 11.5. The molecule has 1 unspecified atom stereocenters. The van der Waals surface area contributed by atoms with Crippen LogP contribution in [0.15, 0.2) is 30.7 Å². The first-order valence-corrected chi connectivity index (χ1v) is 8.58. The minimum atomic E-state index is 0.0170. The van der Waals surface area contributed by atoms with Gasteiger partial charge < -0.3 is 5.32 Å². The highest BCUT2D eigenvalue weighted by atomic mass is 16.2. The Kier molecular flexibility index (Phi) is 3.59. The van der Waals surface area contributed by atoms with Crippen LogP contribution in [-0.2, 0) is 11.2 Å². The SMILES string of the molecule is CC1(C)Cc2nc(-c3ccncc3)ncc2C(NC(=O)C2CC2)C1. The van der Waals surface area contributed by atoms with E-state index in [2.05, 4.69) is 29.1 Å². The quantitative estimate of drug-likeness (QED) is 0.943. The molecule has 0 aliphatic heterocycles. The molecular formula is C19H22N4O. The van der Waals surface area contributed by atoms with Crippen molar-refractivity contribution >= 4 is 5.91 Å². The lowest BCUT2D eigenvalue weighted by molar-refractivity contribution is -0.123. The minimum Gasteiger partial charge on any atom is -0.349 e. The standard InChI is InChI=1S/C19H22N4O/c1-19(2)9-15-14(16(10-19)23-18(24)13-3-4-13)11-21-17(22-15)12-5-7-20-8-6-12/h5-8,11,13,16H,3-4,9-10H2,1-2H3,(H,23,24). The van der Waals surface area contributed by atoms with Crippen molar-refractivity contribution in [3.63, 3.8) is 0 Å². The van der Waals surface area contributed by atoms with Gasteiger partial charge in [-0.05, 0) is 43.2 Å². The van der Waals surface area contributed by atoms with E-state index < -0.39 is 0 Å². The summed E-state index contributed by atoms with van der Waals surface area (Å²) in [6.45, 7) is 4.47. The first kappa shape index (κ1) is 15.2. The van der Waals surface area contributed by atoms with Gasteiger partial charge in [0.1, 0.15) is 0 Å². The van der Waals surface area contributed by atoms with Gasteiger partial charge in [-0.2, -0.15) is 0 Å². The number of carbonyl (C=O) groups excluding carboxylic acids is 1. The molecule has 1 atom stereocenters. The van der Waals surface area contributed by atoms with Crippen molar-refractivity contribution in [2.24, 2.45) is 11.3 Å². The molecule has 0 bridgehead atoms. The summed E-state index contributed by atoms with van der Waals surface area (Å²) in [5.74, 6) is 1.12. The van der Waals surface area contributed by atoms with Gasteiger partial charge in [-0.1, -0.05) is 13.8 Å². The van der Waals surface area contributed by atoms with Gasteiger partial charge in [0.2, 0.25) is 5.91 Å². The van der Waals surface area contributed by atoms with Crippen LogP contribution in [-0.4, -0.2) is 20.9 Å². The third kappa shape index (κ3) is 3.03. The zero-order chi connectivity index (χ0) is 16.7. The van der Waals surface area contributed by atoms with Gasteiger partial charge in [0, 0.05) is 35.6 Å². The molecule has 5 heteroatoms. The van der Waals surface area contributed by atoms with Crippen molar-refractivity contribution in [1.29, 1.82) is 0 Å². The maximum absolute atomic E-state index is 12.2. The van der Waals surface area contributed by atoms with E-state index in [1.807, 2.05) is 18.3 Å². The molecule has 2 aromatic rings. The smallest absolute Gasteiger partial charge is 0.223 e. The number of rotatable bonds is 3. The molecule has 2 aliphatic rings. The highest BCUT2D eigenvalue weighted by molar-refractivity contribution is 5.81. The monoisotopic (exact) mass is 322 g/mol. The minimum absolute atomic E-state index is 0.0170. The molecule has 1 saturated carbocycles. The third-order valence-corrected chi connectivity index (χ3v) is 4.88. The van der Waals surface area contributed by atoms with E-state index in [1.54, 1.807) is 12.4 Å². The Bertz CT molecular complexity index is 768. The zero-order valence-electron chi connectivity index (χ0n) is 14.1. The lowest BCUT2D eigenvalue weighted by atomic mass is 9.74. The maximum Gasteiger partial charge on any atom is 0.223 e. The van der Waals surface area contributed by atoms with Crippen LogP contribution >= 0.6 is 0 Å². The summed E-state index contributed by atoms with van der Waals surface area (Å²) < 4.78 is 0. The zero-order valence-corrected chi connectivity index (χ0v) is 14.1. The largest absolute Gasteiger partial charge is 0.349 e. The number of amides is 1. The fourth-order valence-corrected chi connectivity index (χ4v) is 3.45. The van der Waals surface area contributed by atoms with E-state index in [0.717, 1.165) is 48.3 Å². The second-order valence-electron chi connectivity index (χ2n) is 7.71. The Hall–Kier alpha value is -2.30. The second-order valence-corrected chi connectivity index (χ2v) is 7.71. The van der Waals surface area contributed by atoms with Gasteiger partial charge in [-0.3, -0.25) is 9.78 Å². The average Bonchev–Trinajstić information content (AvgIpc) is 3.39. The molecule has 4 rings (SSSR count). The molecule has 0 spiro atoms. The topological polar surface area (TPSA) is 67.8 Å². The van der Waals surface area contributed by atoms with Gasteiger partial charge in [-0.15, -0.1) is 0 Å². The summed E-state index contributed by atoms with van der Waals surface area (Å²) in [7, 11) is 0. The molecule has 2 aromatic heterocycles. The van der Waals surface area contributed by atoms with E-state index in [1.165, 1.54) is 0 Å². The highest BCUT2D eigenvalue weighted by Crippen LogP contribution is 2.41. The average molecular weight is 322 g/mol. The van der Waals surface area contributed by atoms with E-state index >= 15 is 0 Å². The Morgan fingerprint density at radius 3 is 2.71 bits per heavy atom. The van der Waals surface area contributed by atoms with Crippen LogP contribution in [0.1, 0.15) is 50.4 Å². The van der Waals surface area contributed by atoms with Crippen LogP contribution in [0.25, 0.3) is 11.4 Å². The van der Waals surface area contributed by atoms with Crippen molar-refractivity contribution in [3.8, 4) is 11.4 Å². The fourth-order valence-electron chi connectivity index (χ4n) is 3.45. The molecule has 24 heavy (non-hydrogen) atoms. The third-order valence-electron chi connectivity index (χ3n) is 4.88. The Balaban J connectivity index is 1.67. The van der Waals surface area contributed by atoms with E-state index in [-0.39, 0.29) is 23.3 Å². The fraction of sp³-hybridized carbons (Fsp3) is 0.474. The lowest BCUT2D eigenvalue weighted by Crippen LogP contribution is -2.37. The Morgan fingerprint density at radius 2 is 2.00 bits per heavy atom. The molecule has 2 heterocycles. The summed E-state index contributed by atoms with van der Waals surface area (Å²) in [4.78, 5) is 25.6.